The van der Waals surface area contributed by atoms with Crippen LogP contribution < -0.4 is 4.74 Å². The number of hydrogen-bond acceptors (Lipinski definition) is 5. The molecule has 0 unspecified atom stereocenters. The lowest BCUT2D eigenvalue weighted by Crippen LogP contribution is -2.05. The Bertz CT molecular complexity index is 1380. The van der Waals surface area contributed by atoms with Crippen LogP contribution in [0, 0.1) is 10.1 Å². The summed E-state index contributed by atoms with van der Waals surface area (Å²) in [6.07, 6.45) is 3.38. The van der Waals surface area contributed by atoms with Gasteiger partial charge in [0.1, 0.15) is 5.75 Å². The Balaban J connectivity index is 1.46. The maximum atomic E-state index is 13.0. The number of carbonyl (C=O) groups is 1. The molecule has 0 atom stereocenters. The predicted molar refractivity (Wildman–Crippen MR) is 122 cm³/mol. The molecule has 10 heteroatoms. The highest BCUT2D eigenvalue weighted by molar-refractivity contribution is 6.06. The number of imidazole rings is 1. The summed E-state index contributed by atoms with van der Waals surface area (Å²) >= 11 is 0. The van der Waals surface area contributed by atoms with Crippen molar-refractivity contribution in [1.82, 2.24) is 9.55 Å². The molecular formula is C25H16F3N3O4. The van der Waals surface area contributed by atoms with Crippen LogP contribution in [0.25, 0.3) is 11.8 Å². The van der Waals surface area contributed by atoms with Crippen molar-refractivity contribution in [2.75, 3.05) is 0 Å². The fraction of sp³-hybridized carbons (Fsp3) is 0.0400. The van der Waals surface area contributed by atoms with E-state index >= 15 is 0 Å². The van der Waals surface area contributed by atoms with Crippen LogP contribution in [0.5, 0.6) is 11.5 Å². The van der Waals surface area contributed by atoms with Gasteiger partial charge >= 0.3 is 11.9 Å². The zero-order valence-electron chi connectivity index (χ0n) is 17.8. The molecule has 0 radical (unpaired) electrons. The Labute approximate surface area is 196 Å². The van der Waals surface area contributed by atoms with E-state index in [1.807, 2.05) is 4.57 Å². The van der Waals surface area contributed by atoms with E-state index in [0.29, 0.717) is 23.3 Å². The lowest BCUT2D eigenvalue weighted by molar-refractivity contribution is -0.385. The quantitative estimate of drug-likeness (QED) is 0.131. The van der Waals surface area contributed by atoms with Gasteiger partial charge in [0.15, 0.2) is 5.78 Å². The molecule has 0 aliphatic heterocycles. The van der Waals surface area contributed by atoms with Crippen LogP contribution in [0.15, 0.2) is 91.5 Å². The third-order valence-electron chi connectivity index (χ3n) is 4.97. The van der Waals surface area contributed by atoms with E-state index in [1.54, 1.807) is 61.2 Å². The molecule has 0 spiro atoms. The Hall–Kier alpha value is -4.73. The molecule has 1 heterocycles. The van der Waals surface area contributed by atoms with Crippen molar-refractivity contribution in [2.24, 2.45) is 0 Å². The standard InChI is InChI=1S/C25H16F3N3O4/c26-25(27,28)19-6-11-22(31(33)34)24(15-19)35-21-9-1-17(2-10-21)3-12-23(32)18-4-7-20(8-5-18)30-14-13-29-16-30/h1-16H/b12-3+. The molecule has 0 saturated carbocycles. The molecule has 0 saturated heterocycles. The molecule has 0 aliphatic carbocycles. The molecule has 176 valence electrons. The highest BCUT2D eigenvalue weighted by atomic mass is 19.4. The van der Waals surface area contributed by atoms with Crippen LogP contribution in [0.4, 0.5) is 18.9 Å². The molecule has 1 aromatic heterocycles. The van der Waals surface area contributed by atoms with Crippen molar-refractivity contribution in [1.29, 1.82) is 0 Å². The number of rotatable bonds is 7. The fourth-order valence-electron chi connectivity index (χ4n) is 3.17. The van der Waals surface area contributed by atoms with E-state index < -0.39 is 28.1 Å². The summed E-state index contributed by atoms with van der Waals surface area (Å²) in [6, 6.07) is 15.0. The van der Waals surface area contributed by atoms with Crippen molar-refractivity contribution in [3.63, 3.8) is 0 Å². The molecule has 0 N–H and O–H groups in total. The van der Waals surface area contributed by atoms with Gasteiger partial charge in [-0.2, -0.15) is 13.2 Å². The second-order valence-corrected chi connectivity index (χ2v) is 7.32. The molecule has 0 amide bonds. The summed E-state index contributed by atoms with van der Waals surface area (Å²) in [5.74, 6) is -0.643. The Morgan fingerprint density at radius 2 is 1.74 bits per heavy atom. The zero-order chi connectivity index (χ0) is 25.0. The molecule has 0 fully saturated rings. The molecule has 0 aliphatic rings. The number of alkyl halides is 3. The minimum absolute atomic E-state index is 0.103. The summed E-state index contributed by atoms with van der Waals surface area (Å²) in [5.41, 5.74) is 0.321. The second-order valence-electron chi connectivity index (χ2n) is 7.32. The third kappa shape index (κ3) is 5.61. The van der Waals surface area contributed by atoms with Gasteiger partial charge in [0, 0.05) is 35.8 Å². The van der Waals surface area contributed by atoms with E-state index in [1.165, 1.54) is 18.2 Å². The van der Waals surface area contributed by atoms with E-state index in [9.17, 15) is 28.1 Å². The number of hydrogen-bond donors (Lipinski definition) is 0. The number of aromatic nitrogens is 2. The summed E-state index contributed by atoms with van der Waals surface area (Å²) in [7, 11) is 0. The van der Waals surface area contributed by atoms with Crippen LogP contribution in [-0.4, -0.2) is 20.3 Å². The number of ketones is 1. The smallest absolute Gasteiger partial charge is 0.416 e. The first kappa shape index (κ1) is 23.4. The number of benzene rings is 3. The average molecular weight is 479 g/mol. The molecule has 4 rings (SSSR count). The first-order valence-corrected chi connectivity index (χ1v) is 10.1. The van der Waals surface area contributed by atoms with Gasteiger partial charge in [-0.05, 0) is 54.1 Å². The van der Waals surface area contributed by atoms with E-state index in [4.69, 9.17) is 4.74 Å². The molecular weight excluding hydrogens is 463 g/mol. The summed E-state index contributed by atoms with van der Waals surface area (Å²) < 4.78 is 46.1. The first-order chi connectivity index (χ1) is 16.7. The topological polar surface area (TPSA) is 87.3 Å². The van der Waals surface area contributed by atoms with Crippen LogP contribution >= 0.6 is 0 Å². The summed E-state index contributed by atoms with van der Waals surface area (Å²) in [6.45, 7) is 0. The van der Waals surface area contributed by atoms with Crippen LogP contribution in [0.3, 0.4) is 0 Å². The van der Waals surface area contributed by atoms with Crippen molar-refractivity contribution in [3.05, 3.63) is 118 Å². The van der Waals surface area contributed by atoms with E-state index in [2.05, 4.69) is 4.98 Å². The van der Waals surface area contributed by atoms with Crippen molar-refractivity contribution >= 4 is 17.5 Å². The maximum Gasteiger partial charge on any atom is 0.416 e. The molecule has 3 aromatic carbocycles. The number of nitro groups is 1. The van der Waals surface area contributed by atoms with Crippen LogP contribution in [0.2, 0.25) is 0 Å². The van der Waals surface area contributed by atoms with Gasteiger partial charge in [-0.3, -0.25) is 14.9 Å². The van der Waals surface area contributed by atoms with Gasteiger partial charge < -0.3 is 9.30 Å². The van der Waals surface area contributed by atoms with Gasteiger partial charge in [-0.15, -0.1) is 0 Å². The highest BCUT2D eigenvalue weighted by Gasteiger charge is 2.33. The number of nitrogens with zero attached hydrogens (tertiary/aromatic N) is 3. The number of nitro benzene ring substituents is 1. The minimum Gasteiger partial charge on any atom is -0.450 e. The van der Waals surface area contributed by atoms with E-state index in [0.717, 1.165) is 11.8 Å². The predicted octanol–water partition coefficient (Wildman–Crippen LogP) is 6.49. The monoisotopic (exact) mass is 479 g/mol. The second kappa shape index (κ2) is 9.64. The molecule has 4 aromatic rings. The third-order valence-corrected chi connectivity index (χ3v) is 4.97. The first-order valence-electron chi connectivity index (χ1n) is 10.1. The van der Waals surface area contributed by atoms with Crippen molar-refractivity contribution in [2.45, 2.75) is 6.18 Å². The zero-order valence-corrected chi connectivity index (χ0v) is 17.8. The highest BCUT2D eigenvalue weighted by Crippen LogP contribution is 2.38. The summed E-state index contributed by atoms with van der Waals surface area (Å²) in [4.78, 5) is 26.8. The SMILES string of the molecule is O=C(/C=C/c1ccc(Oc2cc(C(F)(F)F)ccc2[N+](=O)[O-])cc1)c1ccc(-n2ccnc2)cc1. The Kier molecular flexibility index (Phi) is 6.45. The Morgan fingerprint density at radius 1 is 1.03 bits per heavy atom. The number of halogens is 3. The lowest BCUT2D eigenvalue weighted by atomic mass is 10.1. The van der Waals surface area contributed by atoms with Gasteiger partial charge in [0.25, 0.3) is 0 Å². The van der Waals surface area contributed by atoms with E-state index in [-0.39, 0.29) is 11.5 Å². The maximum absolute atomic E-state index is 13.0. The van der Waals surface area contributed by atoms with Gasteiger partial charge in [-0.25, -0.2) is 4.98 Å². The largest absolute Gasteiger partial charge is 0.450 e. The number of allylic oxidation sites excluding steroid dienone is 1. The van der Waals surface area contributed by atoms with Crippen LogP contribution in [0.1, 0.15) is 21.5 Å². The average Bonchev–Trinajstić information content (AvgIpc) is 3.38. The van der Waals surface area contributed by atoms with Gasteiger partial charge in [0.05, 0.1) is 16.8 Å². The van der Waals surface area contributed by atoms with Gasteiger partial charge in [-0.1, -0.05) is 18.2 Å². The lowest BCUT2D eigenvalue weighted by Gasteiger charge is -2.10. The van der Waals surface area contributed by atoms with Gasteiger partial charge in [0.2, 0.25) is 5.75 Å². The summed E-state index contributed by atoms with van der Waals surface area (Å²) in [5, 5.41) is 11.2. The minimum atomic E-state index is -4.67. The number of ether oxygens (including phenoxy) is 1. The van der Waals surface area contributed by atoms with Crippen molar-refractivity contribution < 1.29 is 27.6 Å². The van der Waals surface area contributed by atoms with Crippen molar-refractivity contribution in [3.8, 4) is 17.2 Å². The normalized spacial score (nSPS) is 11.5. The Morgan fingerprint density at radius 3 is 2.34 bits per heavy atom. The molecule has 0 bridgehead atoms. The van der Waals surface area contributed by atoms with Crippen LogP contribution in [-0.2, 0) is 6.18 Å². The molecule has 35 heavy (non-hydrogen) atoms. The number of carbonyl (C=O) groups excluding carboxylic acids is 1. The fourth-order valence-corrected chi connectivity index (χ4v) is 3.17. The molecule has 7 nitrogen and oxygen atoms in total.